The summed E-state index contributed by atoms with van der Waals surface area (Å²) < 4.78 is 0. The van der Waals surface area contributed by atoms with Gasteiger partial charge in [-0.3, -0.25) is 0 Å². The monoisotopic (exact) mass is 178 g/mol. The zero-order valence-corrected chi connectivity index (χ0v) is 8.67. The molecule has 0 unspecified atom stereocenters. The summed E-state index contributed by atoms with van der Waals surface area (Å²) in [4.78, 5) is 0. The fourth-order valence-electron chi connectivity index (χ4n) is 1.33. The first-order chi connectivity index (χ1) is 6.09. The molecule has 0 bridgehead atoms. The van der Waals surface area contributed by atoms with Crippen molar-refractivity contribution < 1.29 is 5.11 Å². The second-order valence-corrected chi connectivity index (χ2v) is 4.05. The molecule has 1 heteroatoms. The Morgan fingerprint density at radius 2 is 2.00 bits per heavy atom. The van der Waals surface area contributed by atoms with Crippen molar-refractivity contribution in [2.75, 3.05) is 0 Å². The molecule has 0 aliphatic rings. The number of aryl methyl sites for hydroxylation is 2. The maximum atomic E-state index is 9.32. The highest BCUT2D eigenvalue weighted by Gasteiger charge is 1.99. The van der Waals surface area contributed by atoms with Crippen LogP contribution in [0.3, 0.4) is 0 Å². The van der Waals surface area contributed by atoms with E-state index in [2.05, 4.69) is 19.9 Å². The van der Waals surface area contributed by atoms with Crippen LogP contribution in [0.25, 0.3) is 0 Å². The van der Waals surface area contributed by atoms with Crippen molar-refractivity contribution in [3.8, 4) is 5.75 Å². The van der Waals surface area contributed by atoms with Crippen molar-refractivity contribution in [1.29, 1.82) is 0 Å². The summed E-state index contributed by atoms with van der Waals surface area (Å²) in [7, 11) is 0. The number of phenolic OH excluding ortho intramolecular Hbond substituents is 1. The summed E-state index contributed by atoms with van der Waals surface area (Å²) in [5.74, 6) is 1.14. The van der Waals surface area contributed by atoms with Crippen LogP contribution in [0, 0.1) is 12.8 Å². The van der Waals surface area contributed by atoms with E-state index in [9.17, 15) is 5.11 Å². The van der Waals surface area contributed by atoms with Crippen LogP contribution in [-0.2, 0) is 6.42 Å². The Balaban J connectivity index is 2.63. The lowest BCUT2D eigenvalue weighted by Crippen LogP contribution is -1.92. The molecule has 0 atom stereocenters. The molecule has 0 amide bonds. The molecular formula is C12H18O. The third kappa shape index (κ3) is 3.10. The molecule has 1 N–H and O–H groups in total. The molecule has 0 radical (unpaired) electrons. The maximum Gasteiger partial charge on any atom is 0.118 e. The molecule has 1 rings (SSSR count). The van der Waals surface area contributed by atoms with Crippen LogP contribution >= 0.6 is 0 Å². The fraction of sp³-hybridized carbons (Fsp3) is 0.500. The van der Waals surface area contributed by atoms with Crippen LogP contribution in [0.2, 0.25) is 0 Å². The quantitative estimate of drug-likeness (QED) is 0.753. The highest BCUT2D eigenvalue weighted by Crippen LogP contribution is 2.18. The van der Waals surface area contributed by atoms with Gasteiger partial charge in [-0.25, -0.2) is 0 Å². The van der Waals surface area contributed by atoms with E-state index < -0.39 is 0 Å². The van der Waals surface area contributed by atoms with E-state index in [-0.39, 0.29) is 0 Å². The first kappa shape index (κ1) is 10.1. The van der Waals surface area contributed by atoms with Gasteiger partial charge in [-0.05, 0) is 42.9 Å². The highest BCUT2D eigenvalue weighted by molar-refractivity contribution is 5.34. The summed E-state index contributed by atoms with van der Waals surface area (Å²) in [5, 5.41) is 9.32. The molecule has 0 aliphatic carbocycles. The Labute approximate surface area is 80.4 Å². The molecule has 0 aromatic heterocycles. The molecule has 1 aromatic carbocycles. The van der Waals surface area contributed by atoms with Gasteiger partial charge in [0.15, 0.2) is 0 Å². The second kappa shape index (κ2) is 4.31. The summed E-state index contributed by atoms with van der Waals surface area (Å²) in [6, 6.07) is 5.85. The molecule has 13 heavy (non-hydrogen) atoms. The SMILES string of the molecule is Cc1cc(CCC(C)C)ccc1O. The zero-order chi connectivity index (χ0) is 9.84. The van der Waals surface area contributed by atoms with Crippen LogP contribution in [-0.4, -0.2) is 5.11 Å². The van der Waals surface area contributed by atoms with Gasteiger partial charge in [0.25, 0.3) is 0 Å². The van der Waals surface area contributed by atoms with Crippen molar-refractivity contribution in [1.82, 2.24) is 0 Å². The molecule has 0 saturated heterocycles. The topological polar surface area (TPSA) is 20.2 Å². The van der Waals surface area contributed by atoms with Crippen molar-refractivity contribution >= 4 is 0 Å². The summed E-state index contributed by atoms with van der Waals surface area (Å²) in [6.45, 7) is 6.40. The van der Waals surface area contributed by atoms with E-state index in [1.165, 1.54) is 12.0 Å². The van der Waals surface area contributed by atoms with Gasteiger partial charge < -0.3 is 5.11 Å². The molecular weight excluding hydrogens is 160 g/mol. The number of rotatable bonds is 3. The Bertz CT molecular complexity index is 276. The van der Waals surface area contributed by atoms with E-state index in [1.807, 2.05) is 13.0 Å². The van der Waals surface area contributed by atoms with E-state index in [0.29, 0.717) is 5.75 Å². The van der Waals surface area contributed by atoms with Crippen molar-refractivity contribution in [3.05, 3.63) is 29.3 Å². The number of benzene rings is 1. The van der Waals surface area contributed by atoms with Crippen molar-refractivity contribution in [2.45, 2.75) is 33.6 Å². The fourth-order valence-corrected chi connectivity index (χ4v) is 1.33. The van der Waals surface area contributed by atoms with Gasteiger partial charge in [0.05, 0.1) is 0 Å². The van der Waals surface area contributed by atoms with Crippen LogP contribution in [0.1, 0.15) is 31.4 Å². The van der Waals surface area contributed by atoms with Crippen LogP contribution in [0.15, 0.2) is 18.2 Å². The molecule has 1 nitrogen and oxygen atoms in total. The lowest BCUT2D eigenvalue weighted by atomic mass is 10.0. The summed E-state index contributed by atoms with van der Waals surface area (Å²) in [6.07, 6.45) is 2.32. The Hall–Kier alpha value is -0.980. The lowest BCUT2D eigenvalue weighted by molar-refractivity contribution is 0.470. The van der Waals surface area contributed by atoms with Crippen molar-refractivity contribution in [2.24, 2.45) is 5.92 Å². The molecule has 0 saturated carbocycles. The maximum absolute atomic E-state index is 9.32. The predicted molar refractivity (Wildman–Crippen MR) is 56.0 cm³/mol. The van der Waals surface area contributed by atoms with Gasteiger partial charge in [-0.2, -0.15) is 0 Å². The van der Waals surface area contributed by atoms with E-state index in [1.54, 1.807) is 6.07 Å². The number of hydrogen-bond donors (Lipinski definition) is 1. The Kier molecular flexibility index (Phi) is 3.35. The summed E-state index contributed by atoms with van der Waals surface area (Å²) in [5.41, 5.74) is 2.30. The third-order valence-electron chi connectivity index (χ3n) is 2.27. The largest absolute Gasteiger partial charge is 0.508 e. The molecule has 0 fully saturated rings. The van der Waals surface area contributed by atoms with Crippen LogP contribution < -0.4 is 0 Å². The van der Waals surface area contributed by atoms with Gasteiger partial charge in [0.1, 0.15) is 5.75 Å². The summed E-state index contributed by atoms with van der Waals surface area (Å²) >= 11 is 0. The van der Waals surface area contributed by atoms with Gasteiger partial charge in [0, 0.05) is 0 Å². The van der Waals surface area contributed by atoms with Gasteiger partial charge in [-0.1, -0.05) is 26.0 Å². The van der Waals surface area contributed by atoms with Crippen LogP contribution in [0.5, 0.6) is 5.75 Å². The van der Waals surface area contributed by atoms with Gasteiger partial charge >= 0.3 is 0 Å². The molecule has 0 heterocycles. The zero-order valence-electron chi connectivity index (χ0n) is 8.67. The average Bonchev–Trinajstić information content (AvgIpc) is 2.07. The first-order valence-corrected chi connectivity index (χ1v) is 4.88. The first-order valence-electron chi connectivity index (χ1n) is 4.88. The Morgan fingerprint density at radius 3 is 2.54 bits per heavy atom. The standard InChI is InChI=1S/C12H18O/c1-9(2)4-5-11-6-7-12(13)10(3)8-11/h6-9,13H,4-5H2,1-3H3. The smallest absolute Gasteiger partial charge is 0.118 e. The van der Waals surface area contributed by atoms with E-state index >= 15 is 0 Å². The predicted octanol–water partition coefficient (Wildman–Crippen LogP) is 3.29. The third-order valence-corrected chi connectivity index (χ3v) is 2.27. The second-order valence-electron chi connectivity index (χ2n) is 4.05. The van der Waals surface area contributed by atoms with Gasteiger partial charge in [-0.15, -0.1) is 0 Å². The molecule has 0 spiro atoms. The number of hydrogen-bond acceptors (Lipinski definition) is 1. The van der Waals surface area contributed by atoms with Crippen LogP contribution in [0.4, 0.5) is 0 Å². The normalized spacial score (nSPS) is 10.8. The average molecular weight is 178 g/mol. The Morgan fingerprint density at radius 1 is 1.31 bits per heavy atom. The van der Waals surface area contributed by atoms with Crippen molar-refractivity contribution in [3.63, 3.8) is 0 Å². The minimum absolute atomic E-state index is 0.397. The molecule has 0 aliphatic heterocycles. The highest BCUT2D eigenvalue weighted by atomic mass is 16.3. The van der Waals surface area contributed by atoms with E-state index in [4.69, 9.17) is 0 Å². The molecule has 72 valence electrons. The lowest BCUT2D eigenvalue weighted by Gasteiger charge is -2.06. The number of aromatic hydroxyl groups is 1. The number of phenols is 1. The van der Waals surface area contributed by atoms with E-state index in [0.717, 1.165) is 17.9 Å². The molecule has 1 aromatic rings. The minimum atomic E-state index is 0.397. The minimum Gasteiger partial charge on any atom is -0.508 e. The van der Waals surface area contributed by atoms with Gasteiger partial charge in [0.2, 0.25) is 0 Å².